The molecular weight excluding hydrogens is 166 g/mol. The van der Waals surface area contributed by atoms with E-state index in [4.69, 9.17) is 10.9 Å². The third-order valence-electron chi connectivity index (χ3n) is 2.09. The SMILES string of the molecule is CCCC(C)NC(CC)C(N)=NO. The van der Waals surface area contributed by atoms with Crippen LogP contribution in [0.4, 0.5) is 0 Å². The molecule has 0 amide bonds. The molecule has 0 spiro atoms. The van der Waals surface area contributed by atoms with Crippen LogP contribution in [-0.4, -0.2) is 23.1 Å². The molecule has 0 aliphatic carbocycles. The summed E-state index contributed by atoms with van der Waals surface area (Å²) in [5, 5.41) is 14.8. The molecule has 0 saturated heterocycles. The molecule has 0 rings (SSSR count). The highest BCUT2D eigenvalue weighted by atomic mass is 16.4. The van der Waals surface area contributed by atoms with E-state index < -0.39 is 0 Å². The molecule has 2 unspecified atom stereocenters. The van der Waals surface area contributed by atoms with E-state index >= 15 is 0 Å². The van der Waals surface area contributed by atoms with Gasteiger partial charge in [0.25, 0.3) is 0 Å². The average Bonchev–Trinajstić information content (AvgIpc) is 2.13. The predicted molar refractivity (Wildman–Crippen MR) is 55.0 cm³/mol. The van der Waals surface area contributed by atoms with Gasteiger partial charge in [-0.2, -0.15) is 0 Å². The van der Waals surface area contributed by atoms with Crippen LogP contribution in [0.2, 0.25) is 0 Å². The Morgan fingerprint density at radius 3 is 2.54 bits per heavy atom. The largest absolute Gasteiger partial charge is 0.409 e. The Kier molecular flexibility index (Phi) is 6.32. The van der Waals surface area contributed by atoms with Gasteiger partial charge in [0.05, 0.1) is 6.04 Å². The lowest BCUT2D eigenvalue weighted by Gasteiger charge is -2.20. The Hall–Kier alpha value is -0.770. The van der Waals surface area contributed by atoms with Crippen LogP contribution in [-0.2, 0) is 0 Å². The van der Waals surface area contributed by atoms with Gasteiger partial charge >= 0.3 is 0 Å². The van der Waals surface area contributed by atoms with Gasteiger partial charge in [0.15, 0.2) is 5.84 Å². The monoisotopic (exact) mass is 187 g/mol. The van der Waals surface area contributed by atoms with Crippen molar-refractivity contribution in [3.8, 4) is 0 Å². The van der Waals surface area contributed by atoms with Crippen molar-refractivity contribution in [1.29, 1.82) is 0 Å². The zero-order valence-corrected chi connectivity index (χ0v) is 8.75. The van der Waals surface area contributed by atoms with Crippen LogP contribution in [0.3, 0.4) is 0 Å². The first-order valence-electron chi connectivity index (χ1n) is 4.89. The van der Waals surface area contributed by atoms with Crippen LogP contribution in [0.5, 0.6) is 0 Å². The topological polar surface area (TPSA) is 70.6 Å². The summed E-state index contributed by atoms with van der Waals surface area (Å²) >= 11 is 0. The molecule has 4 heteroatoms. The predicted octanol–water partition coefficient (Wildman–Crippen LogP) is 1.29. The maximum Gasteiger partial charge on any atom is 0.156 e. The minimum Gasteiger partial charge on any atom is -0.409 e. The van der Waals surface area contributed by atoms with Gasteiger partial charge < -0.3 is 16.3 Å². The van der Waals surface area contributed by atoms with Gasteiger partial charge in [0.2, 0.25) is 0 Å². The van der Waals surface area contributed by atoms with E-state index in [2.05, 4.69) is 24.3 Å². The van der Waals surface area contributed by atoms with Crippen molar-refractivity contribution < 1.29 is 5.21 Å². The van der Waals surface area contributed by atoms with Crippen molar-refractivity contribution in [3.05, 3.63) is 0 Å². The van der Waals surface area contributed by atoms with E-state index in [9.17, 15) is 0 Å². The van der Waals surface area contributed by atoms with Gasteiger partial charge in [-0.05, 0) is 19.8 Å². The standard InChI is InChI=1S/C9H21N3O/c1-4-6-7(3)11-8(5-2)9(10)12-13/h7-8,11,13H,4-6H2,1-3H3,(H2,10,12). The van der Waals surface area contributed by atoms with Gasteiger partial charge in [0, 0.05) is 6.04 Å². The molecule has 0 aromatic rings. The lowest BCUT2D eigenvalue weighted by molar-refractivity contribution is 0.313. The van der Waals surface area contributed by atoms with Crippen molar-refractivity contribution in [1.82, 2.24) is 5.32 Å². The molecule has 4 nitrogen and oxygen atoms in total. The van der Waals surface area contributed by atoms with E-state index in [-0.39, 0.29) is 11.9 Å². The highest BCUT2D eigenvalue weighted by molar-refractivity contribution is 5.85. The van der Waals surface area contributed by atoms with Crippen LogP contribution >= 0.6 is 0 Å². The molecule has 0 saturated carbocycles. The summed E-state index contributed by atoms with van der Waals surface area (Å²) in [6.07, 6.45) is 3.08. The summed E-state index contributed by atoms with van der Waals surface area (Å²) in [7, 11) is 0. The quantitative estimate of drug-likeness (QED) is 0.254. The number of nitrogens with two attached hydrogens (primary N) is 1. The van der Waals surface area contributed by atoms with Gasteiger partial charge in [-0.25, -0.2) is 0 Å². The lowest BCUT2D eigenvalue weighted by Crippen LogP contribution is -2.45. The van der Waals surface area contributed by atoms with Gasteiger partial charge in [-0.15, -0.1) is 0 Å². The first kappa shape index (κ1) is 12.2. The lowest BCUT2D eigenvalue weighted by atomic mass is 10.1. The number of rotatable bonds is 6. The second-order valence-electron chi connectivity index (χ2n) is 3.34. The minimum absolute atomic E-state index is 0.00782. The van der Waals surface area contributed by atoms with Crippen LogP contribution in [0, 0.1) is 0 Å². The van der Waals surface area contributed by atoms with E-state index in [1.54, 1.807) is 0 Å². The summed E-state index contributed by atoms with van der Waals surface area (Å²) in [6.45, 7) is 6.26. The molecule has 0 aromatic heterocycles. The smallest absolute Gasteiger partial charge is 0.156 e. The maximum atomic E-state index is 8.50. The van der Waals surface area contributed by atoms with Gasteiger partial charge in [-0.3, -0.25) is 0 Å². The molecule has 0 aliphatic heterocycles. The van der Waals surface area contributed by atoms with E-state index in [0.29, 0.717) is 6.04 Å². The van der Waals surface area contributed by atoms with Crippen molar-refractivity contribution in [2.24, 2.45) is 10.9 Å². The van der Waals surface area contributed by atoms with E-state index in [1.165, 1.54) is 0 Å². The number of hydrogen-bond acceptors (Lipinski definition) is 3. The summed E-state index contributed by atoms with van der Waals surface area (Å²) < 4.78 is 0. The van der Waals surface area contributed by atoms with Gasteiger partial charge in [0.1, 0.15) is 0 Å². The summed E-state index contributed by atoms with van der Waals surface area (Å²) in [5.74, 6) is 0.269. The molecule has 2 atom stereocenters. The molecule has 0 aliphatic rings. The second kappa shape index (κ2) is 6.71. The maximum absolute atomic E-state index is 8.50. The fourth-order valence-corrected chi connectivity index (χ4v) is 1.34. The van der Waals surface area contributed by atoms with Crippen molar-refractivity contribution in [3.63, 3.8) is 0 Å². The summed E-state index contributed by atoms with van der Waals surface area (Å²) in [4.78, 5) is 0. The van der Waals surface area contributed by atoms with E-state index in [0.717, 1.165) is 19.3 Å². The Morgan fingerprint density at radius 1 is 1.54 bits per heavy atom. The van der Waals surface area contributed by atoms with Gasteiger partial charge in [-0.1, -0.05) is 25.4 Å². The highest BCUT2D eigenvalue weighted by Crippen LogP contribution is 1.99. The third-order valence-corrected chi connectivity index (χ3v) is 2.09. The number of nitrogens with one attached hydrogen (secondary N) is 1. The van der Waals surface area contributed by atoms with Crippen LogP contribution in [0.25, 0.3) is 0 Å². The number of hydrogen-bond donors (Lipinski definition) is 3. The second-order valence-corrected chi connectivity index (χ2v) is 3.34. The van der Waals surface area contributed by atoms with Crippen LogP contribution < -0.4 is 11.1 Å². The van der Waals surface area contributed by atoms with Crippen molar-refractivity contribution >= 4 is 5.84 Å². The fourth-order valence-electron chi connectivity index (χ4n) is 1.34. The fraction of sp³-hybridized carbons (Fsp3) is 0.889. The molecule has 0 heterocycles. The molecule has 0 fully saturated rings. The molecule has 0 bridgehead atoms. The average molecular weight is 187 g/mol. The molecule has 13 heavy (non-hydrogen) atoms. The first-order valence-corrected chi connectivity index (χ1v) is 4.89. The Morgan fingerprint density at radius 2 is 2.15 bits per heavy atom. The minimum atomic E-state index is -0.00782. The van der Waals surface area contributed by atoms with Crippen molar-refractivity contribution in [2.75, 3.05) is 0 Å². The Balaban J connectivity index is 3.97. The Labute approximate surface area is 80.2 Å². The zero-order chi connectivity index (χ0) is 10.3. The van der Waals surface area contributed by atoms with Crippen LogP contribution in [0.1, 0.15) is 40.0 Å². The van der Waals surface area contributed by atoms with E-state index in [1.807, 2.05) is 6.92 Å². The number of nitrogens with zero attached hydrogens (tertiary/aromatic N) is 1. The number of amidine groups is 1. The zero-order valence-electron chi connectivity index (χ0n) is 8.75. The molecule has 0 radical (unpaired) electrons. The van der Waals surface area contributed by atoms with Crippen LogP contribution in [0.15, 0.2) is 5.16 Å². The normalized spacial score (nSPS) is 17.0. The Bertz CT molecular complexity index is 159. The molecular formula is C9H21N3O. The first-order chi connectivity index (χ1) is 6.15. The van der Waals surface area contributed by atoms with Crippen molar-refractivity contribution in [2.45, 2.75) is 52.1 Å². The molecule has 0 aromatic carbocycles. The summed E-state index contributed by atoms with van der Waals surface area (Å²) in [5.41, 5.74) is 5.51. The molecule has 78 valence electrons. The highest BCUT2D eigenvalue weighted by Gasteiger charge is 2.13. The summed E-state index contributed by atoms with van der Waals surface area (Å²) in [6, 6.07) is 0.404. The number of oxime groups is 1. The molecule has 4 N–H and O–H groups in total. The third kappa shape index (κ3) is 4.72.